The first kappa shape index (κ1) is 31.2. The molecule has 0 aliphatic heterocycles. The summed E-state index contributed by atoms with van der Waals surface area (Å²) in [5, 5.41) is 3.24. The third-order valence-electron chi connectivity index (χ3n) is 5.35. The Labute approximate surface area is 210 Å². The van der Waals surface area contributed by atoms with E-state index in [9.17, 15) is 4.79 Å². The van der Waals surface area contributed by atoms with E-state index in [-0.39, 0.29) is 11.4 Å². The maximum atomic E-state index is 13.2. The molecule has 2 rings (SSSR count). The fourth-order valence-electron chi connectivity index (χ4n) is 3.44. The lowest BCUT2D eigenvalue weighted by Crippen LogP contribution is -2.45. The highest BCUT2D eigenvalue weighted by Gasteiger charge is 2.38. The number of amides is 1. The fraction of sp³-hybridized carbons (Fsp3) is 0.452. The highest BCUT2D eigenvalue weighted by Crippen LogP contribution is 2.39. The molecule has 188 valence electrons. The van der Waals surface area contributed by atoms with Crippen LogP contribution >= 0.6 is 0 Å². The van der Waals surface area contributed by atoms with Gasteiger partial charge in [-0.3, -0.25) is 4.79 Å². The van der Waals surface area contributed by atoms with Crippen LogP contribution in [-0.2, 0) is 0 Å². The second kappa shape index (κ2) is 15.2. The second-order valence-electron chi connectivity index (χ2n) is 8.88. The van der Waals surface area contributed by atoms with Crippen molar-refractivity contribution in [3.8, 4) is 0 Å². The Kier molecular flexibility index (Phi) is 13.9. The summed E-state index contributed by atoms with van der Waals surface area (Å²) in [4.78, 5) is 15.2. The summed E-state index contributed by atoms with van der Waals surface area (Å²) >= 11 is 0. The van der Waals surface area contributed by atoms with Gasteiger partial charge in [0.2, 0.25) is 0 Å². The molecule has 1 aliphatic carbocycles. The molecule has 3 nitrogen and oxygen atoms in total. The van der Waals surface area contributed by atoms with E-state index in [2.05, 4.69) is 58.3 Å². The van der Waals surface area contributed by atoms with Crippen LogP contribution in [0.25, 0.3) is 5.57 Å². The number of allylic oxidation sites excluding steroid dienone is 7. The molecule has 1 aromatic rings. The lowest BCUT2D eigenvalue weighted by Gasteiger charge is -2.27. The molecule has 1 fully saturated rings. The third kappa shape index (κ3) is 9.59. The third-order valence-corrected chi connectivity index (χ3v) is 5.35. The van der Waals surface area contributed by atoms with E-state index in [1.165, 1.54) is 18.4 Å². The van der Waals surface area contributed by atoms with Crippen molar-refractivity contribution in [1.82, 2.24) is 5.32 Å². The van der Waals surface area contributed by atoms with Crippen molar-refractivity contribution >= 4 is 17.2 Å². The highest BCUT2D eigenvalue weighted by molar-refractivity contribution is 5.97. The summed E-state index contributed by atoms with van der Waals surface area (Å²) in [7, 11) is 0. The van der Waals surface area contributed by atoms with Crippen LogP contribution in [0.1, 0.15) is 98.0 Å². The van der Waals surface area contributed by atoms with Gasteiger partial charge in [-0.25, -0.2) is 0 Å². The fourth-order valence-corrected chi connectivity index (χ4v) is 3.44. The first-order valence-corrected chi connectivity index (χ1v) is 12.6. The molecule has 1 saturated carbocycles. The number of hydrogen-bond donors (Lipinski definition) is 1. The maximum Gasteiger partial charge on any atom is 0.251 e. The molecule has 0 aromatic heterocycles. The Morgan fingerprint density at radius 2 is 1.59 bits per heavy atom. The van der Waals surface area contributed by atoms with Crippen LogP contribution in [0.4, 0.5) is 5.69 Å². The van der Waals surface area contributed by atoms with Crippen LogP contribution in [0, 0.1) is 5.92 Å². The van der Waals surface area contributed by atoms with E-state index >= 15 is 0 Å². The molecule has 1 aromatic carbocycles. The molecule has 34 heavy (non-hydrogen) atoms. The first-order chi connectivity index (χ1) is 16.1. The number of benzene rings is 1. The number of carbonyl (C=O) groups is 1. The number of hydrogen-bond acceptors (Lipinski definition) is 2. The minimum Gasteiger partial charge on any atom is -0.347 e. The smallest absolute Gasteiger partial charge is 0.251 e. The molecule has 0 unspecified atom stereocenters. The largest absolute Gasteiger partial charge is 0.347 e. The van der Waals surface area contributed by atoms with Gasteiger partial charge >= 0.3 is 0 Å². The van der Waals surface area contributed by atoms with Crippen molar-refractivity contribution < 1.29 is 4.79 Å². The molecule has 3 heteroatoms. The maximum absolute atomic E-state index is 13.2. The van der Waals surface area contributed by atoms with Gasteiger partial charge in [0, 0.05) is 28.7 Å². The van der Waals surface area contributed by atoms with Gasteiger partial charge in [-0.05, 0) is 89.6 Å². The van der Waals surface area contributed by atoms with Gasteiger partial charge in [0.15, 0.2) is 0 Å². The Balaban J connectivity index is 0.00000258. The Bertz CT molecular complexity index is 907. The van der Waals surface area contributed by atoms with Gasteiger partial charge in [-0.15, -0.1) is 0 Å². The molecule has 0 radical (unpaired) electrons. The molecule has 0 heterocycles. The van der Waals surface area contributed by atoms with E-state index in [4.69, 9.17) is 0 Å². The Morgan fingerprint density at radius 1 is 1.03 bits per heavy atom. The lowest BCUT2D eigenvalue weighted by atomic mass is 9.96. The number of carbonyl (C=O) groups excluding carboxylic acids is 1. The minimum atomic E-state index is -0.205. The van der Waals surface area contributed by atoms with Crippen LogP contribution in [0.5, 0.6) is 0 Å². The molecule has 1 aliphatic rings. The van der Waals surface area contributed by atoms with E-state index in [1.807, 2.05) is 83.0 Å². The molecule has 0 spiro atoms. The van der Waals surface area contributed by atoms with Crippen LogP contribution in [0.3, 0.4) is 0 Å². The monoisotopic (exact) mass is 464 g/mol. The molecule has 0 bridgehead atoms. The topological polar surface area (TPSA) is 32.3 Å². The molecule has 0 saturated heterocycles. The quantitative estimate of drug-likeness (QED) is 0.370. The van der Waals surface area contributed by atoms with Gasteiger partial charge < -0.3 is 10.2 Å². The van der Waals surface area contributed by atoms with Crippen LogP contribution in [-0.4, -0.2) is 11.4 Å². The molecular weight excluding hydrogens is 416 g/mol. The SMILES string of the molecule is C=C/C(=C\C=C(C)C)c1cc(C(=O)NC(C)(C)C2CC2)cc(N(/C=C\C)C(=C)C)c1.CC.CC. The number of rotatable bonds is 9. The first-order valence-electron chi connectivity index (χ1n) is 12.6. The molecule has 1 N–H and O–H groups in total. The zero-order valence-corrected chi connectivity index (χ0v) is 23.4. The van der Waals surface area contributed by atoms with E-state index in [1.54, 1.807) is 0 Å². The summed E-state index contributed by atoms with van der Waals surface area (Å²) in [5.74, 6) is 0.503. The van der Waals surface area contributed by atoms with Gasteiger partial charge in [-0.2, -0.15) is 0 Å². The average molecular weight is 465 g/mol. The van der Waals surface area contributed by atoms with Crippen molar-refractivity contribution in [3.63, 3.8) is 0 Å². The van der Waals surface area contributed by atoms with Crippen molar-refractivity contribution in [3.05, 3.63) is 84.3 Å². The zero-order chi connectivity index (χ0) is 26.5. The van der Waals surface area contributed by atoms with Crippen LogP contribution < -0.4 is 10.2 Å². The number of nitrogens with one attached hydrogen (secondary N) is 1. The van der Waals surface area contributed by atoms with Gasteiger partial charge in [-0.1, -0.05) is 70.7 Å². The Hall–Kier alpha value is -2.81. The number of anilines is 1. The van der Waals surface area contributed by atoms with E-state index in [0.717, 1.165) is 22.5 Å². The van der Waals surface area contributed by atoms with Crippen molar-refractivity contribution in [2.24, 2.45) is 5.92 Å². The van der Waals surface area contributed by atoms with Crippen molar-refractivity contribution in [1.29, 1.82) is 0 Å². The summed E-state index contributed by atoms with van der Waals surface area (Å²) < 4.78 is 0. The summed E-state index contributed by atoms with van der Waals surface area (Å²) in [6.45, 7) is 28.3. The summed E-state index contributed by atoms with van der Waals surface area (Å²) in [6, 6.07) is 5.95. The van der Waals surface area contributed by atoms with E-state index < -0.39 is 0 Å². The molecular formula is C31H48N2O. The van der Waals surface area contributed by atoms with Crippen molar-refractivity contribution in [2.75, 3.05) is 4.90 Å². The van der Waals surface area contributed by atoms with Gasteiger partial charge in [0.05, 0.1) is 0 Å². The van der Waals surface area contributed by atoms with Gasteiger partial charge in [0.25, 0.3) is 5.91 Å². The second-order valence-corrected chi connectivity index (χ2v) is 8.88. The predicted octanol–water partition coefficient (Wildman–Crippen LogP) is 9.07. The standard InChI is InChI=1S/C27H36N2O.2C2H6/c1-9-15-29(20(5)6)25-17-22(21(10-2)12-11-19(3)4)16-23(18-25)26(30)28-27(7,8)24-13-14-24;2*1-2/h9-12,15-18,24H,2,5,13-14H2,1,3-4,6-8H3,(H,28,30);2*1-2H3/b15-9-,21-12+;;. The predicted molar refractivity (Wildman–Crippen MR) is 153 cm³/mol. The molecule has 0 atom stereocenters. The van der Waals surface area contributed by atoms with E-state index in [0.29, 0.717) is 11.5 Å². The average Bonchev–Trinajstić information content (AvgIpc) is 3.66. The lowest BCUT2D eigenvalue weighted by molar-refractivity contribution is 0.0903. The minimum absolute atomic E-state index is 0.0530. The summed E-state index contributed by atoms with van der Waals surface area (Å²) in [6.07, 6.45) is 12.2. The van der Waals surface area contributed by atoms with Crippen LogP contribution in [0.2, 0.25) is 0 Å². The highest BCUT2D eigenvalue weighted by atomic mass is 16.1. The van der Waals surface area contributed by atoms with Crippen molar-refractivity contribution in [2.45, 2.75) is 87.6 Å². The summed E-state index contributed by atoms with van der Waals surface area (Å²) in [5.41, 5.74) is 5.33. The van der Waals surface area contributed by atoms with Gasteiger partial charge in [0.1, 0.15) is 0 Å². The zero-order valence-electron chi connectivity index (χ0n) is 23.4. The normalized spacial score (nSPS) is 13.1. The Morgan fingerprint density at radius 3 is 2.03 bits per heavy atom. The van der Waals surface area contributed by atoms with Crippen LogP contribution in [0.15, 0.2) is 73.1 Å². The molecule has 1 amide bonds. The number of nitrogens with zero attached hydrogens (tertiary/aromatic N) is 1.